The Morgan fingerprint density at radius 3 is 2.45 bits per heavy atom. The molecule has 3 aliphatic rings. The van der Waals surface area contributed by atoms with Crippen LogP contribution in [0.4, 0.5) is 11.4 Å². The van der Waals surface area contributed by atoms with Gasteiger partial charge < -0.3 is 9.64 Å². The van der Waals surface area contributed by atoms with Gasteiger partial charge >= 0.3 is 0 Å². The summed E-state index contributed by atoms with van der Waals surface area (Å²) in [6, 6.07) is 12.0. The number of amides is 2. The molecule has 0 aromatic heterocycles. The zero-order valence-corrected chi connectivity index (χ0v) is 17.2. The van der Waals surface area contributed by atoms with Gasteiger partial charge in [-0.25, -0.2) is 0 Å². The molecule has 5 rings (SSSR count). The maximum absolute atomic E-state index is 12.2. The van der Waals surface area contributed by atoms with Gasteiger partial charge in [-0.1, -0.05) is 11.6 Å². The minimum atomic E-state index is -0.685. The summed E-state index contributed by atoms with van der Waals surface area (Å²) in [5.41, 5.74) is 3.92. The number of ether oxygens (including phenoxy) is 1. The van der Waals surface area contributed by atoms with Crippen LogP contribution in [0, 0.1) is 6.92 Å². The largest absolute Gasteiger partial charge is 0.463 e. The number of carbonyl (C=O) groups is 2. The molecular weight excluding hydrogens is 364 g/mol. The summed E-state index contributed by atoms with van der Waals surface area (Å²) in [5, 5.41) is 0. The van der Waals surface area contributed by atoms with Crippen molar-refractivity contribution in [2.24, 2.45) is 0 Å². The van der Waals surface area contributed by atoms with Crippen LogP contribution in [0.5, 0.6) is 5.75 Å². The van der Waals surface area contributed by atoms with Crippen LogP contribution in [0.15, 0.2) is 42.5 Å². The van der Waals surface area contributed by atoms with E-state index in [4.69, 9.17) is 4.74 Å². The molecule has 29 heavy (non-hydrogen) atoms. The van der Waals surface area contributed by atoms with Crippen molar-refractivity contribution in [3.05, 3.63) is 59.2 Å². The van der Waals surface area contributed by atoms with E-state index in [2.05, 4.69) is 50.0 Å². The number of benzene rings is 2. The molecule has 1 unspecified atom stereocenters. The van der Waals surface area contributed by atoms with E-state index in [0.717, 1.165) is 22.6 Å². The van der Waals surface area contributed by atoms with Gasteiger partial charge in [-0.15, -0.1) is 0 Å². The van der Waals surface area contributed by atoms with Gasteiger partial charge in [0.05, 0.1) is 11.1 Å². The second kappa shape index (κ2) is 5.72. The molecule has 0 radical (unpaired) electrons. The fourth-order valence-electron chi connectivity index (χ4n) is 4.92. The maximum Gasteiger partial charge on any atom is 0.234 e. The highest BCUT2D eigenvalue weighted by atomic mass is 16.5. The maximum atomic E-state index is 12.2. The normalized spacial score (nSPS) is 24.1. The first-order valence-corrected chi connectivity index (χ1v) is 9.98. The van der Waals surface area contributed by atoms with E-state index in [9.17, 15) is 9.59 Å². The number of anilines is 2. The number of hydrogen-bond donors (Lipinski definition) is 0. The molecule has 1 atom stereocenters. The summed E-state index contributed by atoms with van der Waals surface area (Å²) in [4.78, 5) is 27.9. The molecule has 0 saturated carbocycles. The molecule has 1 fully saturated rings. The van der Waals surface area contributed by atoms with Gasteiger partial charge in [0, 0.05) is 31.1 Å². The molecule has 0 aliphatic carbocycles. The number of imide groups is 1. The number of likely N-dealkylation sites (N-methyl/N-ethyl adjacent to an activating group) is 1. The van der Waals surface area contributed by atoms with Crippen LogP contribution in [0.3, 0.4) is 0 Å². The molecule has 3 heterocycles. The van der Waals surface area contributed by atoms with Gasteiger partial charge in [-0.2, -0.15) is 0 Å². The summed E-state index contributed by atoms with van der Waals surface area (Å²) in [6.07, 6.45) is 4.82. The highest BCUT2D eigenvalue weighted by Crippen LogP contribution is 2.55. The van der Waals surface area contributed by atoms with E-state index >= 15 is 0 Å². The van der Waals surface area contributed by atoms with E-state index in [1.54, 1.807) is 0 Å². The van der Waals surface area contributed by atoms with Gasteiger partial charge in [0.25, 0.3) is 0 Å². The SMILES string of the molecule is Cc1ccc2c(c1)C=CC1(O2)N(C)c2ccc(N3C(=O)CCC3=O)cc2C1(C)C. The summed E-state index contributed by atoms with van der Waals surface area (Å²) in [5.74, 6) is 0.592. The van der Waals surface area contributed by atoms with E-state index in [1.807, 2.05) is 31.3 Å². The lowest BCUT2D eigenvalue weighted by Crippen LogP contribution is -2.58. The molecule has 2 aromatic carbocycles. The Balaban J connectivity index is 1.61. The van der Waals surface area contributed by atoms with Crippen LogP contribution in [0.2, 0.25) is 0 Å². The number of nitrogens with zero attached hydrogens (tertiary/aromatic N) is 2. The second-order valence-electron chi connectivity index (χ2n) is 8.68. The van der Waals surface area contributed by atoms with Crippen LogP contribution in [0.1, 0.15) is 43.4 Å². The molecule has 148 valence electrons. The molecule has 3 aliphatic heterocycles. The number of rotatable bonds is 1. The standard InChI is InChI=1S/C24H24N2O3/c1-15-5-8-20-16(13-15)11-12-24(29-20)23(2,3)18-14-17(6-7-19(18)25(24)4)26-21(27)9-10-22(26)28/h5-8,11-14H,9-10H2,1-4H3. The van der Waals surface area contributed by atoms with Crippen molar-refractivity contribution in [2.75, 3.05) is 16.8 Å². The lowest BCUT2D eigenvalue weighted by Gasteiger charge is -2.45. The first kappa shape index (κ1) is 18.0. The average Bonchev–Trinajstić information content (AvgIpc) is 3.10. The minimum absolute atomic E-state index is 0.132. The Labute approximate surface area is 170 Å². The monoisotopic (exact) mass is 388 g/mol. The molecule has 5 nitrogen and oxygen atoms in total. The molecule has 2 aromatic rings. The van der Waals surface area contributed by atoms with E-state index in [-0.39, 0.29) is 24.7 Å². The van der Waals surface area contributed by atoms with E-state index in [0.29, 0.717) is 5.69 Å². The van der Waals surface area contributed by atoms with Gasteiger partial charge in [-0.3, -0.25) is 14.5 Å². The Morgan fingerprint density at radius 1 is 1.00 bits per heavy atom. The topological polar surface area (TPSA) is 49.9 Å². The third-order valence-electron chi connectivity index (χ3n) is 6.64. The van der Waals surface area contributed by atoms with Crippen molar-refractivity contribution in [1.82, 2.24) is 0 Å². The van der Waals surface area contributed by atoms with Crippen LogP contribution in [-0.4, -0.2) is 24.6 Å². The Kier molecular flexibility index (Phi) is 3.55. The van der Waals surface area contributed by atoms with Gasteiger partial charge in [-0.05, 0) is 68.8 Å². The quantitative estimate of drug-likeness (QED) is 0.688. The fraction of sp³-hybridized carbons (Fsp3) is 0.333. The minimum Gasteiger partial charge on any atom is -0.463 e. The van der Waals surface area contributed by atoms with Crippen molar-refractivity contribution in [3.63, 3.8) is 0 Å². The van der Waals surface area contributed by atoms with Gasteiger partial charge in [0.15, 0.2) is 0 Å². The molecule has 1 saturated heterocycles. The van der Waals surface area contributed by atoms with Crippen molar-refractivity contribution in [2.45, 2.75) is 44.8 Å². The zero-order valence-electron chi connectivity index (χ0n) is 17.2. The fourth-order valence-corrected chi connectivity index (χ4v) is 4.92. The third-order valence-corrected chi connectivity index (χ3v) is 6.64. The molecule has 5 heteroatoms. The van der Waals surface area contributed by atoms with Gasteiger partial charge in [0.1, 0.15) is 5.75 Å². The van der Waals surface area contributed by atoms with Crippen LogP contribution < -0.4 is 14.5 Å². The molecular formula is C24H24N2O3. The highest BCUT2D eigenvalue weighted by Gasteiger charge is 2.57. The molecule has 0 N–H and O–H groups in total. The van der Waals surface area contributed by atoms with Crippen LogP contribution in [-0.2, 0) is 15.0 Å². The van der Waals surface area contributed by atoms with Crippen molar-refractivity contribution in [1.29, 1.82) is 0 Å². The Bertz CT molecular complexity index is 1090. The summed E-state index contributed by atoms with van der Waals surface area (Å²) >= 11 is 0. The lowest BCUT2D eigenvalue weighted by atomic mass is 9.76. The van der Waals surface area contributed by atoms with Crippen LogP contribution >= 0.6 is 0 Å². The number of aryl methyl sites for hydroxylation is 1. The molecule has 2 amide bonds. The summed E-state index contributed by atoms with van der Waals surface area (Å²) < 4.78 is 6.64. The first-order chi connectivity index (χ1) is 13.7. The number of carbonyl (C=O) groups excluding carboxylic acids is 2. The average molecular weight is 388 g/mol. The smallest absolute Gasteiger partial charge is 0.234 e. The predicted molar refractivity (Wildman–Crippen MR) is 113 cm³/mol. The van der Waals surface area contributed by atoms with Gasteiger partial charge in [0.2, 0.25) is 17.5 Å². The zero-order chi connectivity index (χ0) is 20.6. The highest BCUT2D eigenvalue weighted by molar-refractivity contribution is 6.20. The number of fused-ring (bicyclic) bond motifs is 2. The first-order valence-electron chi connectivity index (χ1n) is 9.98. The second-order valence-corrected chi connectivity index (χ2v) is 8.68. The molecule has 0 bridgehead atoms. The van der Waals surface area contributed by atoms with Crippen molar-refractivity contribution < 1.29 is 14.3 Å². The molecule has 1 spiro atoms. The van der Waals surface area contributed by atoms with E-state index in [1.165, 1.54) is 10.5 Å². The number of hydrogen-bond acceptors (Lipinski definition) is 4. The van der Waals surface area contributed by atoms with Crippen molar-refractivity contribution >= 4 is 29.3 Å². The third kappa shape index (κ3) is 2.27. The van der Waals surface area contributed by atoms with Crippen molar-refractivity contribution in [3.8, 4) is 5.75 Å². The lowest BCUT2D eigenvalue weighted by molar-refractivity contribution is -0.121. The Morgan fingerprint density at radius 2 is 1.72 bits per heavy atom. The summed E-state index contributed by atoms with van der Waals surface area (Å²) in [6.45, 7) is 6.37. The Hall–Kier alpha value is -3.08. The van der Waals surface area contributed by atoms with Crippen LogP contribution in [0.25, 0.3) is 6.08 Å². The van der Waals surface area contributed by atoms with E-state index < -0.39 is 11.1 Å². The predicted octanol–water partition coefficient (Wildman–Crippen LogP) is 4.18. The summed E-state index contributed by atoms with van der Waals surface area (Å²) in [7, 11) is 2.03.